The lowest BCUT2D eigenvalue weighted by molar-refractivity contribution is -0.126. The van der Waals surface area contributed by atoms with Crippen molar-refractivity contribution in [1.29, 1.82) is 0 Å². The van der Waals surface area contributed by atoms with Crippen LogP contribution in [0.25, 0.3) is 0 Å². The summed E-state index contributed by atoms with van der Waals surface area (Å²) >= 11 is 7.01. The van der Waals surface area contributed by atoms with Gasteiger partial charge < -0.3 is 4.74 Å². The Balaban J connectivity index is 1.68. The third-order valence-corrected chi connectivity index (χ3v) is 5.46. The van der Waals surface area contributed by atoms with E-state index >= 15 is 0 Å². The number of carbonyl (C=O) groups is 2. The molecule has 0 spiro atoms. The van der Waals surface area contributed by atoms with Crippen molar-refractivity contribution in [3.8, 4) is 5.75 Å². The number of imide groups is 1. The molecule has 1 atom stereocenters. The first kappa shape index (κ1) is 18.8. The van der Waals surface area contributed by atoms with Crippen LogP contribution in [-0.4, -0.2) is 27.8 Å². The highest BCUT2D eigenvalue weighted by atomic mass is 35.5. The average molecular weight is 390 g/mol. The SMILES string of the molecule is CCCN1C(=O)S[C@H](Cc2ccccc2OCc2ccc(Cl)cc2)C1=O. The molecule has 0 aromatic heterocycles. The first-order valence-corrected chi connectivity index (χ1v) is 9.81. The van der Waals surface area contributed by atoms with Gasteiger partial charge in [-0.05, 0) is 42.2 Å². The summed E-state index contributed by atoms with van der Waals surface area (Å²) in [5, 5.41) is 0.156. The summed E-state index contributed by atoms with van der Waals surface area (Å²) in [6, 6.07) is 15.1. The fourth-order valence-electron chi connectivity index (χ4n) is 2.81. The number of amides is 2. The third-order valence-electron chi connectivity index (χ3n) is 4.14. The van der Waals surface area contributed by atoms with Crippen LogP contribution >= 0.6 is 23.4 Å². The number of hydrogen-bond donors (Lipinski definition) is 0. The largest absolute Gasteiger partial charge is 0.489 e. The van der Waals surface area contributed by atoms with E-state index in [0.717, 1.165) is 35.1 Å². The number of para-hydroxylation sites is 1. The summed E-state index contributed by atoms with van der Waals surface area (Å²) < 4.78 is 5.95. The van der Waals surface area contributed by atoms with Gasteiger partial charge >= 0.3 is 0 Å². The Kier molecular flexibility index (Phi) is 6.22. The molecule has 0 bridgehead atoms. The molecule has 2 aromatic carbocycles. The average Bonchev–Trinajstić information content (AvgIpc) is 2.90. The van der Waals surface area contributed by atoms with Gasteiger partial charge in [-0.1, -0.05) is 60.6 Å². The molecule has 26 heavy (non-hydrogen) atoms. The first-order chi connectivity index (χ1) is 12.6. The molecule has 1 aliphatic rings. The predicted octanol–water partition coefficient (Wildman–Crippen LogP) is 4.94. The third kappa shape index (κ3) is 4.40. The van der Waals surface area contributed by atoms with Gasteiger partial charge in [-0.25, -0.2) is 0 Å². The molecule has 136 valence electrons. The maximum atomic E-state index is 12.5. The lowest BCUT2D eigenvalue weighted by Gasteiger charge is -2.14. The molecule has 0 aliphatic carbocycles. The van der Waals surface area contributed by atoms with E-state index in [4.69, 9.17) is 16.3 Å². The van der Waals surface area contributed by atoms with Crippen molar-refractivity contribution in [1.82, 2.24) is 4.90 Å². The Morgan fingerprint density at radius 3 is 2.58 bits per heavy atom. The minimum atomic E-state index is -0.380. The molecule has 0 saturated carbocycles. The Bertz CT molecular complexity index is 794. The number of hydrogen-bond acceptors (Lipinski definition) is 4. The quantitative estimate of drug-likeness (QED) is 0.673. The molecule has 1 aliphatic heterocycles. The summed E-state index contributed by atoms with van der Waals surface area (Å²) in [5.74, 6) is 0.631. The minimum absolute atomic E-state index is 0.102. The zero-order valence-electron chi connectivity index (χ0n) is 14.5. The highest BCUT2D eigenvalue weighted by Gasteiger charge is 2.39. The van der Waals surface area contributed by atoms with Crippen LogP contribution in [0.3, 0.4) is 0 Å². The topological polar surface area (TPSA) is 46.6 Å². The lowest BCUT2D eigenvalue weighted by Crippen LogP contribution is -2.32. The van der Waals surface area contributed by atoms with Gasteiger partial charge in [0, 0.05) is 11.6 Å². The maximum absolute atomic E-state index is 12.5. The maximum Gasteiger partial charge on any atom is 0.289 e. The van der Waals surface area contributed by atoms with Crippen LogP contribution in [0.4, 0.5) is 4.79 Å². The summed E-state index contributed by atoms with van der Waals surface area (Å²) in [4.78, 5) is 25.8. The fourth-order valence-corrected chi connectivity index (χ4v) is 3.98. The van der Waals surface area contributed by atoms with Gasteiger partial charge in [0.15, 0.2) is 0 Å². The molecule has 0 radical (unpaired) electrons. The summed E-state index contributed by atoms with van der Waals surface area (Å²) in [5.41, 5.74) is 1.94. The van der Waals surface area contributed by atoms with Crippen LogP contribution in [0.1, 0.15) is 24.5 Å². The van der Waals surface area contributed by atoms with Gasteiger partial charge in [0.05, 0.1) is 5.25 Å². The monoisotopic (exact) mass is 389 g/mol. The van der Waals surface area contributed by atoms with Gasteiger partial charge in [0.1, 0.15) is 12.4 Å². The second-order valence-corrected chi connectivity index (χ2v) is 7.68. The summed E-state index contributed by atoms with van der Waals surface area (Å²) in [6.07, 6.45) is 1.25. The van der Waals surface area contributed by atoms with E-state index in [1.807, 2.05) is 55.5 Å². The van der Waals surface area contributed by atoms with Crippen molar-refractivity contribution in [2.24, 2.45) is 0 Å². The number of benzene rings is 2. The highest BCUT2D eigenvalue weighted by molar-refractivity contribution is 8.15. The molecule has 2 amide bonds. The van der Waals surface area contributed by atoms with Crippen molar-refractivity contribution >= 4 is 34.5 Å². The molecule has 0 N–H and O–H groups in total. The van der Waals surface area contributed by atoms with Crippen molar-refractivity contribution in [2.45, 2.75) is 31.6 Å². The van der Waals surface area contributed by atoms with Gasteiger partial charge in [-0.15, -0.1) is 0 Å². The van der Waals surface area contributed by atoms with Crippen molar-refractivity contribution in [3.05, 3.63) is 64.7 Å². The Labute approximate surface area is 162 Å². The van der Waals surface area contributed by atoms with Crippen LogP contribution in [0.15, 0.2) is 48.5 Å². The normalized spacial score (nSPS) is 17.0. The molecule has 6 heteroatoms. The zero-order chi connectivity index (χ0) is 18.5. The van der Waals surface area contributed by atoms with Gasteiger partial charge in [-0.2, -0.15) is 0 Å². The van der Waals surface area contributed by atoms with E-state index < -0.39 is 0 Å². The van der Waals surface area contributed by atoms with Crippen molar-refractivity contribution < 1.29 is 14.3 Å². The zero-order valence-corrected chi connectivity index (χ0v) is 16.1. The highest BCUT2D eigenvalue weighted by Crippen LogP contribution is 2.32. The van der Waals surface area contributed by atoms with Crippen molar-refractivity contribution in [3.63, 3.8) is 0 Å². The van der Waals surface area contributed by atoms with E-state index in [9.17, 15) is 9.59 Å². The molecular weight excluding hydrogens is 370 g/mol. The molecule has 1 fully saturated rings. The van der Waals surface area contributed by atoms with Crippen LogP contribution in [0.2, 0.25) is 5.02 Å². The first-order valence-electron chi connectivity index (χ1n) is 8.55. The molecule has 4 nitrogen and oxygen atoms in total. The van der Waals surface area contributed by atoms with Crippen molar-refractivity contribution in [2.75, 3.05) is 6.54 Å². The van der Waals surface area contributed by atoms with Gasteiger partial charge in [-0.3, -0.25) is 14.5 Å². The predicted molar refractivity (Wildman–Crippen MR) is 105 cm³/mol. The van der Waals surface area contributed by atoms with E-state index in [1.54, 1.807) is 0 Å². The number of thioether (sulfide) groups is 1. The van der Waals surface area contributed by atoms with E-state index in [1.165, 1.54) is 4.90 Å². The van der Waals surface area contributed by atoms with Crippen LogP contribution in [0, 0.1) is 0 Å². The number of ether oxygens (including phenoxy) is 1. The number of halogens is 1. The van der Waals surface area contributed by atoms with E-state index in [2.05, 4.69) is 0 Å². The Morgan fingerprint density at radius 2 is 1.85 bits per heavy atom. The smallest absolute Gasteiger partial charge is 0.289 e. The Morgan fingerprint density at radius 1 is 1.12 bits per heavy atom. The second-order valence-electron chi connectivity index (χ2n) is 6.09. The summed E-state index contributed by atoms with van der Waals surface area (Å²) in [7, 11) is 0. The number of nitrogens with zero attached hydrogens (tertiary/aromatic N) is 1. The molecule has 1 saturated heterocycles. The molecular formula is C20H20ClNO3S. The summed E-state index contributed by atoms with van der Waals surface area (Å²) in [6.45, 7) is 2.86. The number of rotatable bonds is 7. The number of carbonyl (C=O) groups excluding carboxylic acids is 2. The van der Waals surface area contributed by atoms with Crippen LogP contribution in [-0.2, 0) is 17.8 Å². The Hall–Kier alpha value is -1.98. The second kappa shape index (κ2) is 8.60. The molecule has 1 heterocycles. The molecule has 2 aromatic rings. The minimum Gasteiger partial charge on any atom is -0.489 e. The van der Waals surface area contributed by atoms with Crippen LogP contribution < -0.4 is 4.74 Å². The standard InChI is InChI=1S/C20H20ClNO3S/c1-2-11-22-19(23)18(26-20(22)24)12-15-5-3-4-6-17(15)25-13-14-7-9-16(21)10-8-14/h3-10,18H,2,11-13H2,1H3/t18-/m1/s1. The van der Waals surface area contributed by atoms with E-state index in [0.29, 0.717) is 24.6 Å². The van der Waals surface area contributed by atoms with Gasteiger partial charge in [0.2, 0.25) is 5.91 Å². The fraction of sp³-hybridized carbons (Fsp3) is 0.300. The molecule has 3 rings (SSSR count). The molecule has 0 unspecified atom stereocenters. The lowest BCUT2D eigenvalue weighted by atomic mass is 10.1. The van der Waals surface area contributed by atoms with E-state index in [-0.39, 0.29) is 16.4 Å². The van der Waals surface area contributed by atoms with Gasteiger partial charge in [0.25, 0.3) is 5.24 Å². The van der Waals surface area contributed by atoms with Crippen LogP contribution in [0.5, 0.6) is 5.75 Å².